The molecule has 1 nitrogen and oxygen atoms in total. The van der Waals surface area contributed by atoms with Gasteiger partial charge < -0.3 is 0 Å². The van der Waals surface area contributed by atoms with Crippen molar-refractivity contribution < 1.29 is 13.2 Å². The number of aromatic nitrogens is 1. The smallest absolute Gasteiger partial charge is 0.236 e. The van der Waals surface area contributed by atoms with Crippen molar-refractivity contribution in [1.29, 1.82) is 0 Å². The number of fused-ring (bicyclic) bond motifs is 1. The maximum Gasteiger partial charge on any atom is 0.417 e. The van der Waals surface area contributed by atoms with Crippen LogP contribution in [0.3, 0.4) is 0 Å². The Morgan fingerprint density at radius 1 is 1.13 bits per heavy atom. The summed E-state index contributed by atoms with van der Waals surface area (Å²) < 4.78 is 37.8. The molecule has 0 radical (unpaired) electrons. The molecule has 1 heterocycles. The Kier molecular flexibility index (Phi) is 2.31. The normalized spacial score (nSPS) is 12.0. The molecule has 0 atom stereocenters. The van der Waals surface area contributed by atoms with Crippen molar-refractivity contribution in [2.75, 3.05) is 0 Å². The molecule has 5 heteroatoms. The maximum absolute atomic E-state index is 12.6. The fraction of sp³-hybridized carbons (Fsp3) is 0.100. The second-order valence-electron chi connectivity index (χ2n) is 3.01. The zero-order valence-corrected chi connectivity index (χ0v) is 8.10. The van der Waals surface area contributed by atoms with Crippen LogP contribution in [0.25, 0.3) is 10.9 Å². The number of alkyl halides is 3. The molecule has 0 aliphatic carbocycles. The van der Waals surface area contributed by atoms with Gasteiger partial charge >= 0.3 is 6.18 Å². The molecule has 1 aromatic heterocycles. The molecule has 0 spiro atoms. The first-order valence-electron chi connectivity index (χ1n) is 4.11. The molecule has 1 aromatic carbocycles. The van der Waals surface area contributed by atoms with Crippen LogP contribution in [0.1, 0.15) is 5.56 Å². The molecule has 2 aromatic rings. The van der Waals surface area contributed by atoms with Gasteiger partial charge in [0.25, 0.3) is 0 Å². The Hall–Kier alpha value is -1.29. The van der Waals surface area contributed by atoms with Crippen LogP contribution >= 0.6 is 11.6 Å². The zero-order valence-electron chi connectivity index (χ0n) is 7.35. The third-order valence-electron chi connectivity index (χ3n) is 1.99. The summed E-state index contributed by atoms with van der Waals surface area (Å²) in [6.07, 6.45) is -4.41. The molecule has 0 N–H and O–H groups in total. The lowest BCUT2D eigenvalue weighted by molar-refractivity contribution is -0.136. The van der Waals surface area contributed by atoms with Crippen LogP contribution in [0.2, 0.25) is 5.15 Å². The van der Waals surface area contributed by atoms with Gasteiger partial charge in [0.15, 0.2) is 0 Å². The van der Waals surface area contributed by atoms with Crippen molar-refractivity contribution in [3.63, 3.8) is 0 Å². The van der Waals surface area contributed by atoms with E-state index in [1.54, 1.807) is 6.07 Å². The predicted molar refractivity (Wildman–Crippen MR) is 51.8 cm³/mol. The standard InChI is InChI=1S/C10H5ClF3N/c11-9-5-7(10(12,13)14)6-3-1-2-4-8(6)15-9/h1-5H. The number of pyridine rings is 1. The average molecular weight is 232 g/mol. The van der Waals surface area contributed by atoms with Crippen molar-refractivity contribution in [3.8, 4) is 0 Å². The molecule has 0 saturated carbocycles. The Labute approximate surface area is 88.5 Å². The summed E-state index contributed by atoms with van der Waals surface area (Å²) in [5, 5.41) is -0.0876. The van der Waals surface area contributed by atoms with E-state index in [-0.39, 0.29) is 16.1 Å². The lowest BCUT2D eigenvalue weighted by Gasteiger charge is -2.09. The molecular formula is C10H5ClF3N. The van der Waals surface area contributed by atoms with Gasteiger partial charge in [0.2, 0.25) is 0 Å². The van der Waals surface area contributed by atoms with Gasteiger partial charge in [0.05, 0.1) is 11.1 Å². The van der Waals surface area contributed by atoms with Crippen LogP contribution in [0.4, 0.5) is 13.2 Å². The summed E-state index contributed by atoms with van der Waals surface area (Å²) in [7, 11) is 0. The number of para-hydroxylation sites is 1. The first-order chi connectivity index (χ1) is 6.98. The van der Waals surface area contributed by atoms with E-state index < -0.39 is 11.7 Å². The highest BCUT2D eigenvalue weighted by Gasteiger charge is 2.33. The third kappa shape index (κ3) is 1.90. The lowest BCUT2D eigenvalue weighted by atomic mass is 10.1. The first kappa shape index (κ1) is 10.2. The maximum atomic E-state index is 12.6. The van der Waals surface area contributed by atoms with E-state index in [9.17, 15) is 13.2 Å². The minimum absolute atomic E-state index is 0.0643. The number of benzene rings is 1. The number of hydrogen-bond donors (Lipinski definition) is 0. The predicted octanol–water partition coefficient (Wildman–Crippen LogP) is 3.91. The Balaban J connectivity index is 2.83. The number of nitrogens with zero attached hydrogens (tertiary/aromatic N) is 1. The second kappa shape index (κ2) is 3.38. The SMILES string of the molecule is FC(F)(F)c1cc(Cl)nc2ccccc12. The minimum atomic E-state index is -4.41. The number of halogens is 4. The first-order valence-corrected chi connectivity index (χ1v) is 4.49. The van der Waals surface area contributed by atoms with Crippen LogP contribution in [0, 0.1) is 0 Å². The van der Waals surface area contributed by atoms with Crippen LogP contribution in [-0.4, -0.2) is 4.98 Å². The van der Waals surface area contributed by atoms with E-state index in [0.29, 0.717) is 0 Å². The fourth-order valence-electron chi connectivity index (χ4n) is 1.38. The highest BCUT2D eigenvalue weighted by molar-refractivity contribution is 6.29. The zero-order chi connectivity index (χ0) is 11.1. The molecule has 0 unspecified atom stereocenters. The molecule has 0 fully saturated rings. The van der Waals surface area contributed by atoms with Crippen LogP contribution < -0.4 is 0 Å². The summed E-state index contributed by atoms with van der Waals surface area (Å²) in [6, 6.07) is 6.86. The van der Waals surface area contributed by atoms with Gasteiger partial charge in [-0.15, -0.1) is 0 Å². The Morgan fingerprint density at radius 3 is 2.47 bits per heavy atom. The Bertz CT molecular complexity index is 507. The van der Waals surface area contributed by atoms with Crippen molar-refractivity contribution in [2.45, 2.75) is 6.18 Å². The Morgan fingerprint density at radius 2 is 1.80 bits per heavy atom. The lowest BCUT2D eigenvalue weighted by Crippen LogP contribution is -2.06. The molecule has 78 valence electrons. The summed E-state index contributed by atoms with van der Waals surface area (Å²) >= 11 is 5.52. The van der Waals surface area contributed by atoms with Crippen molar-refractivity contribution in [3.05, 3.63) is 41.0 Å². The van der Waals surface area contributed by atoms with Gasteiger partial charge in [-0.05, 0) is 12.1 Å². The summed E-state index contributed by atoms with van der Waals surface area (Å²) in [6.45, 7) is 0. The van der Waals surface area contributed by atoms with Gasteiger partial charge in [-0.25, -0.2) is 4.98 Å². The van der Waals surface area contributed by atoms with Gasteiger partial charge in [0.1, 0.15) is 5.15 Å². The summed E-state index contributed by atoms with van der Waals surface area (Å²) in [5.74, 6) is 0. The summed E-state index contributed by atoms with van der Waals surface area (Å²) in [5.41, 5.74) is -0.504. The van der Waals surface area contributed by atoms with Crippen LogP contribution in [0.5, 0.6) is 0 Å². The average Bonchev–Trinajstić information content (AvgIpc) is 2.15. The molecule has 15 heavy (non-hydrogen) atoms. The van der Waals surface area contributed by atoms with Gasteiger partial charge in [-0.1, -0.05) is 29.8 Å². The van der Waals surface area contributed by atoms with E-state index >= 15 is 0 Å². The van der Waals surface area contributed by atoms with Gasteiger partial charge in [0, 0.05) is 5.39 Å². The molecule has 0 saturated heterocycles. The quantitative estimate of drug-likeness (QED) is 0.627. The molecule has 0 aliphatic heterocycles. The van der Waals surface area contributed by atoms with E-state index in [1.165, 1.54) is 18.2 Å². The van der Waals surface area contributed by atoms with Gasteiger partial charge in [-0.3, -0.25) is 0 Å². The second-order valence-corrected chi connectivity index (χ2v) is 3.39. The topological polar surface area (TPSA) is 12.9 Å². The van der Waals surface area contributed by atoms with Crippen LogP contribution in [0.15, 0.2) is 30.3 Å². The molecule has 0 bridgehead atoms. The van der Waals surface area contributed by atoms with E-state index in [1.807, 2.05) is 0 Å². The van der Waals surface area contributed by atoms with Crippen molar-refractivity contribution in [2.24, 2.45) is 0 Å². The van der Waals surface area contributed by atoms with Gasteiger partial charge in [-0.2, -0.15) is 13.2 Å². The van der Waals surface area contributed by atoms with E-state index in [4.69, 9.17) is 11.6 Å². The van der Waals surface area contributed by atoms with E-state index in [0.717, 1.165) is 6.07 Å². The minimum Gasteiger partial charge on any atom is -0.236 e. The van der Waals surface area contributed by atoms with Crippen molar-refractivity contribution in [1.82, 2.24) is 4.98 Å². The molecule has 0 amide bonds. The van der Waals surface area contributed by atoms with E-state index in [2.05, 4.69) is 4.98 Å². The molecule has 0 aliphatic rings. The molecule has 2 rings (SSSR count). The largest absolute Gasteiger partial charge is 0.417 e. The van der Waals surface area contributed by atoms with Crippen LogP contribution in [-0.2, 0) is 6.18 Å². The third-order valence-corrected chi connectivity index (χ3v) is 2.18. The number of rotatable bonds is 0. The highest BCUT2D eigenvalue weighted by atomic mass is 35.5. The monoisotopic (exact) mass is 231 g/mol. The van der Waals surface area contributed by atoms with Crippen molar-refractivity contribution >= 4 is 22.5 Å². The highest BCUT2D eigenvalue weighted by Crippen LogP contribution is 2.35. The number of hydrogen-bond acceptors (Lipinski definition) is 1. The summed E-state index contributed by atoms with van der Waals surface area (Å²) in [4.78, 5) is 3.82. The molecular weight excluding hydrogens is 227 g/mol. The fourth-order valence-corrected chi connectivity index (χ4v) is 1.58.